The molecule has 0 fully saturated rings. The predicted octanol–water partition coefficient (Wildman–Crippen LogP) is 3.39. The van der Waals surface area contributed by atoms with E-state index in [2.05, 4.69) is 15.3 Å². The Kier molecular flexibility index (Phi) is 6.31. The summed E-state index contributed by atoms with van der Waals surface area (Å²) in [5.41, 5.74) is 4.31. The molecule has 0 bridgehead atoms. The lowest BCUT2D eigenvalue weighted by molar-refractivity contribution is 0.0705. The molecule has 0 aliphatic carbocycles. The van der Waals surface area contributed by atoms with Crippen molar-refractivity contribution >= 4 is 11.8 Å². The Labute approximate surface area is 168 Å². The van der Waals surface area contributed by atoms with Gasteiger partial charge in [0.15, 0.2) is 5.82 Å². The van der Waals surface area contributed by atoms with Gasteiger partial charge in [-0.3, -0.25) is 14.8 Å². The molecule has 1 atom stereocenters. The van der Waals surface area contributed by atoms with Crippen molar-refractivity contribution in [2.24, 2.45) is 5.92 Å². The molecule has 2 amide bonds. The van der Waals surface area contributed by atoms with Crippen molar-refractivity contribution in [3.8, 4) is 11.1 Å². The normalized spacial score (nSPS) is 11.7. The Hall–Kier alpha value is -3.58. The van der Waals surface area contributed by atoms with Crippen LogP contribution in [0.1, 0.15) is 46.4 Å². The molecular weight excluding hydrogens is 368 g/mol. The highest BCUT2D eigenvalue weighted by molar-refractivity contribution is 5.95. The zero-order valence-corrected chi connectivity index (χ0v) is 16.2. The molecule has 2 aromatic carbocycles. The van der Waals surface area contributed by atoms with E-state index >= 15 is 0 Å². The molecular formula is C22H22N4O3. The second kappa shape index (κ2) is 9.07. The van der Waals surface area contributed by atoms with Crippen LogP contribution < -0.4 is 10.8 Å². The maximum Gasteiger partial charge on any atom is 0.277 e. The fraction of sp³-hybridized carbons (Fsp3) is 0.182. The molecule has 1 heterocycles. The minimum Gasteiger partial charge on any atom is -0.342 e. The lowest BCUT2D eigenvalue weighted by Gasteiger charge is -2.21. The highest BCUT2D eigenvalue weighted by atomic mass is 16.5. The Balaban J connectivity index is 1.75. The molecule has 0 radical (unpaired) electrons. The molecule has 0 saturated heterocycles. The zero-order valence-electron chi connectivity index (χ0n) is 16.2. The first kappa shape index (κ1) is 20.2. The molecule has 0 aliphatic rings. The molecule has 0 spiro atoms. The second-order valence-corrected chi connectivity index (χ2v) is 6.91. The summed E-state index contributed by atoms with van der Waals surface area (Å²) in [4.78, 5) is 32.5. The summed E-state index contributed by atoms with van der Waals surface area (Å²) in [6.45, 7) is 3.89. The Bertz CT molecular complexity index is 971. The topological polar surface area (TPSA) is 104 Å². The molecule has 3 rings (SSSR count). The van der Waals surface area contributed by atoms with Crippen molar-refractivity contribution in [1.29, 1.82) is 0 Å². The summed E-state index contributed by atoms with van der Waals surface area (Å²) in [7, 11) is 0. The van der Waals surface area contributed by atoms with Gasteiger partial charge in [-0.2, -0.15) is 0 Å². The number of nitrogens with one attached hydrogen (secondary N) is 2. The van der Waals surface area contributed by atoms with Crippen LogP contribution >= 0.6 is 0 Å². The molecule has 1 aromatic heterocycles. The maximum atomic E-state index is 12.7. The standard InChI is InChI=1S/C22H22N4O3/c1-14(2)19(20-23-12-18(13-24-20)22(28)26-29)25-21(27)17-10-8-16(9-11-17)15-6-4-3-5-7-15/h3-14,19,29H,1-2H3,(H,25,27)(H,26,28)/t19-/m0/s1. The number of hydroxylamine groups is 1. The minimum absolute atomic E-state index is 0.0278. The van der Waals surface area contributed by atoms with E-state index in [4.69, 9.17) is 5.21 Å². The van der Waals surface area contributed by atoms with Crippen LogP contribution in [0.3, 0.4) is 0 Å². The Morgan fingerprint density at radius 3 is 1.97 bits per heavy atom. The van der Waals surface area contributed by atoms with Crippen molar-refractivity contribution in [3.63, 3.8) is 0 Å². The van der Waals surface area contributed by atoms with Gasteiger partial charge in [0.2, 0.25) is 0 Å². The van der Waals surface area contributed by atoms with Gasteiger partial charge in [0.25, 0.3) is 11.8 Å². The summed E-state index contributed by atoms with van der Waals surface area (Å²) in [5, 5.41) is 11.6. The second-order valence-electron chi connectivity index (χ2n) is 6.91. The molecule has 3 N–H and O–H groups in total. The van der Waals surface area contributed by atoms with Crippen LogP contribution in [-0.2, 0) is 0 Å². The third kappa shape index (κ3) is 4.83. The van der Waals surface area contributed by atoms with Gasteiger partial charge in [-0.25, -0.2) is 15.4 Å². The van der Waals surface area contributed by atoms with E-state index in [0.717, 1.165) is 11.1 Å². The summed E-state index contributed by atoms with van der Waals surface area (Å²) in [6, 6.07) is 16.9. The van der Waals surface area contributed by atoms with Crippen LogP contribution in [0.4, 0.5) is 0 Å². The summed E-state index contributed by atoms with van der Waals surface area (Å²) in [6.07, 6.45) is 2.62. The van der Waals surface area contributed by atoms with Crippen molar-refractivity contribution in [1.82, 2.24) is 20.8 Å². The van der Waals surface area contributed by atoms with Gasteiger partial charge in [-0.05, 0) is 29.2 Å². The van der Waals surface area contributed by atoms with Crippen molar-refractivity contribution in [2.75, 3.05) is 0 Å². The molecule has 3 aromatic rings. The SMILES string of the molecule is CC(C)[C@H](NC(=O)c1ccc(-c2ccccc2)cc1)c1ncc(C(=O)NO)cn1. The molecule has 0 aliphatic heterocycles. The van der Waals surface area contributed by atoms with E-state index < -0.39 is 11.9 Å². The monoisotopic (exact) mass is 390 g/mol. The fourth-order valence-corrected chi connectivity index (χ4v) is 2.88. The lowest BCUT2D eigenvalue weighted by Crippen LogP contribution is -2.33. The number of carbonyl (C=O) groups is 2. The first-order chi connectivity index (χ1) is 14.0. The van der Waals surface area contributed by atoms with Gasteiger partial charge in [0, 0.05) is 18.0 Å². The van der Waals surface area contributed by atoms with Crippen LogP contribution in [-0.4, -0.2) is 27.0 Å². The number of aromatic nitrogens is 2. The minimum atomic E-state index is -0.694. The number of hydrogen-bond acceptors (Lipinski definition) is 5. The summed E-state index contributed by atoms with van der Waals surface area (Å²) in [5.74, 6) is -0.506. The average molecular weight is 390 g/mol. The number of benzene rings is 2. The Morgan fingerprint density at radius 1 is 0.828 bits per heavy atom. The van der Waals surface area contributed by atoms with Gasteiger partial charge in [-0.1, -0.05) is 56.3 Å². The fourth-order valence-electron chi connectivity index (χ4n) is 2.88. The molecule has 7 nitrogen and oxygen atoms in total. The van der Waals surface area contributed by atoms with Crippen LogP contribution in [0, 0.1) is 5.92 Å². The van der Waals surface area contributed by atoms with Gasteiger partial charge in [-0.15, -0.1) is 0 Å². The summed E-state index contributed by atoms with van der Waals surface area (Å²) < 4.78 is 0. The first-order valence-corrected chi connectivity index (χ1v) is 9.22. The number of hydrogen-bond donors (Lipinski definition) is 3. The molecule has 7 heteroatoms. The number of carbonyl (C=O) groups excluding carboxylic acids is 2. The quantitative estimate of drug-likeness (QED) is 0.442. The average Bonchev–Trinajstić information content (AvgIpc) is 2.77. The van der Waals surface area contributed by atoms with E-state index in [-0.39, 0.29) is 17.4 Å². The Morgan fingerprint density at radius 2 is 1.41 bits per heavy atom. The van der Waals surface area contributed by atoms with E-state index in [0.29, 0.717) is 11.4 Å². The third-order valence-electron chi connectivity index (χ3n) is 4.52. The molecule has 148 valence electrons. The molecule has 0 unspecified atom stereocenters. The van der Waals surface area contributed by atoms with Gasteiger partial charge in [0.05, 0.1) is 11.6 Å². The van der Waals surface area contributed by atoms with Crippen LogP contribution in [0.5, 0.6) is 0 Å². The highest BCUT2D eigenvalue weighted by Gasteiger charge is 2.22. The van der Waals surface area contributed by atoms with E-state index in [1.54, 1.807) is 12.1 Å². The van der Waals surface area contributed by atoms with E-state index in [1.165, 1.54) is 17.9 Å². The van der Waals surface area contributed by atoms with Crippen LogP contribution in [0.25, 0.3) is 11.1 Å². The van der Waals surface area contributed by atoms with Crippen molar-refractivity contribution in [3.05, 3.63) is 83.9 Å². The smallest absolute Gasteiger partial charge is 0.277 e. The van der Waals surface area contributed by atoms with Gasteiger partial charge in [0.1, 0.15) is 0 Å². The molecule has 0 saturated carbocycles. The number of nitrogens with zero attached hydrogens (tertiary/aromatic N) is 2. The van der Waals surface area contributed by atoms with Gasteiger partial charge >= 0.3 is 0 Å². The number of amides is 2. The largest absolute Gasteiger partial charge is 0.342 e. The van der Waals surface area contributed by atoms with Crippen LogP contribution in [0.15, 0.2) is 67.0 Å². The van der Waals surface area contributed by atoms with Crippen molar-refractivity contribution < 1.29 is 14.8 Å². The van der Waals surface area contributed by atoms with Crippen molar-refractivity contribution in [2.45, 2.75) is 19.9 Å². The summed E-state index contributed by atoms with van der Waals surface area (Å²) >= 11 is 0. The van der Waals surface area contributed by atoms with Crippen LogP contribution in [0.2, 0.25) is 0 Å². The molecule has 29 heavy (non-hydrogen) atoms. The predicted molar refractivity (Wildman–Crippen MR) is 108 cm³/mol. The zero-order chi connectivity index (χ0) is 20.8. The van der Waals surface area contributed by atoms with E-state index in [1.807, 2.05) is 56.3 Å². The van der Waals surface area contributed by atoms with E-state index in [9.17, 15) is 9.59 Å². The third-order valence-corrected chi connectivity index (χ3v) is 4.52. The maximum absolute atomic E-state index is 12.7. The highest BCUT2D eigenvalue weighted by Crippen LogP contribution is 2.21. The first-order valence-electron chi connectivity index (χ1n) is 9.22. The van der Waals surface area contributed by atoms with Gasteiger partial charge < -0.3 is 5.32 Å². The number of rotatable bonds is 6. The lowest BCUT2D eigenvalue weighted by atomic mass is 10.0.